The molecule has 0 saturated heterocycles. The maximum atomic E-state index is 12.3. The van der Waals surface area contributed by atoms with E-state index in [0.717, 1.165) is 5.56 Å². The summed E-state index contributed by atoms with van der Waals surface area (Å²) >= 11 is -1.20. The van der Waals surface area contributed by atoms with Crippen molar-refractivity contribution in [3.63, 3.8) is 0 Å². The van der Waals surface area contributed by atoms with Crippen LogP contribution in [-0.2, 0) is 16.1 Å². The van der Waals surface area contributed by atoms with Crippen LogP contribution in [-0.4, -0.2) is 22.4 Å². The first-order valence-corrected chi connectivity index (χ1v) is 7.91. The minimum Gasteiger partial charge on any atom is -0.598 e. The molecule has 0 aliphatic carbocycles. The highest BCUT2D eigenvalue weighted by Crippen LogP contribution is 2.23. The SMILES string of the molecule is C=CC[C@@H](N[S+]([O-])C(C)(C)C)c1cccc(C(=O)OC)c1. The van der Waals surface area contributed by atoms with Gasteiger partial charge >= 0.3 is 5.97 Å². The topological polar surface area (TPSA) is 61.4 Å². The van der Waals surface area contributed by atoms with Crippen molar-refractivity contribution in [1.82, 2.24) is 4.72 Å². The van der Waals surface area contributed by atoms with Crippen LogP contribution in [0, 0.1) is 0 Å². The van der Waals surface area contributed by atoms with Gasteiger partial charge in [-0.3, -0.25) is 0 Å². The molecule has 116 valence electrons. The number of rotatable bonds is 6. The first-order valence-electron chi connectivity index (χ1n) is 6.76. The molecule has 1 N–H and O–H groups in total. The third kappa shape index (κ3) is 5.19. The number of carbonyl (C=O) groups excluding carboxylic acids is 1. The molecule has 1 aromatic carbocycles. The Bertz CT molecular complexity index is 497. The van der Waals surface area contributed by atoms with Gasteiger partial charge in [-0.1, -0.05) is 18.2 Å². The molecule has 5 heteroatoms. The highest BCUT2D eigenvalue weighted by atomic mass is 32.2. The molecule has 0 bridgehead atoms. The predicted molar refractivity (Wildman–Crippen MR) is 86.4 cm³/mol. The Balaban J connectivity index is 3.00. The van der Waals surface area contributed by atoms with E-state index >= 15 is 0 Å². The molecule has 0 radical (unpaired) electrons. The molecule has 1 aromatic rings. The number of hydrogen-bond donors (Lipinski definition) is 1. The van der Waals surface area contributed by atoms with Crippen molar-refractivity contribution in [2.45, 2.75) is 38.0 Å². The van der Waals surface area contributed by atoms with Crippen LogP contribution in [0.15, 0.2) is 36.9 Å². The second-order valence-corrected chi connectivity index (χ2v) is 7.69. The molecule has 2 atom stereocenters. The van der Waals surface area contributed by atoms with Gasteiger partial charge in [0.15, 0.2) is 0 Å². The standard InChI is InChI=1S/C16H23NO3S/c1-6-8-14(17-21(19)16(2,3)4)12-9-7-10-13(11-12)15(18)20-5/h6-7,9-11,14,17H,1,8H2,2-5H3/t14-,21?/m1/s1. The van der Waals surface area contributed by atoms with Gasteiger partial charge in [-0.05, 0) is 44.9 Å². The average molecular weight is 309 g/mol. The van der Waals surface area contributed by atoms with E-state index in [9.17, 15) is 9.35 Å². The predicted octanol–water partition coefficient (Wildman–Crippen LogP) is 3.14. The third-order valence-corrected chi connectivity index (χ3v) is 4.53. The maximum Gasteiger partial charge on any atom is 0.337 e. The van der Waals surface area contributed by atoms with E-state index in [1.165, 1.54) is 7.11 Å². The fraction of sp³-hybridized carbons (Fsp3) is 0.438. The minimum absolute atomic E-state index is 0.160. The molecule has 0 aliphatic rings. The molecule has 0 aromatic heterocycles. The van der Waals surface area contributed by atoms with Gasteiger partial charge in [-0.15, -0.1) is 11.3 Å². The van der Waals surface area contributed by atoms with Crippen LogP contribution in [0.5, 0.6) is 0 Å². The van der Waals surface area contributed by atoms with E-state index < -0.39 is 11.4 Å². The summed E-state index contributed by atoms with van der Waals surface area (Å²) in [5.74, 6) is -0.383. The smallest absolute Gasteiger partial charge is 0.337 e. The summed E-state index contributed by atoms with van der Waals surface area (Å²) in [6.07, 6.45) is 2.38. The molecular weight excluding hydrogens is 286 g/mol. The highest BCUT2D eigenvalue weighted by molar-refractivity contribution is 7.90. The summed E-state index contributed by atoms with van der Waals surface area (Å²) in [5, 5.41) is 0. The Kier molecular flexibility index (Phi) is 6.45. The summed E-state index contributed by atoms with van der Waals surface area (Å²) in [7, 11) is 1.35. The summed E-state index contributed by atoms with van der Waals surface area (Å²) in [5.41, 5.74) is 1.36. The third-order valence-electron chi connectivity index (χ3n) is 2.92. The Morgan fingerprint density at radius 1 is 1.52 bits per heavy atom. The Morgan fingerprint density at radius 2 is 2.19 bits per heavy atom. The van der Waals surface area contributed by atoms with E-state index in [0.29, 0.717) is 12.0 Å². The zero-order chi connectivity index (χ0) is 16.0. The Morgan fingerprint density at radius 3 is 2.71 bits per heavy atom. The summed E-state index contributed by atoms with van der Waals surface area (Å²) < 4.78 is 19.7. The van der Waals surface area contributed by atoms with E-state index in [4.69, 9.17) is 4.74 Å². The lowest BCUT2D eigenvalue weighted by Gasteiger charge is -2.27. The molecule has 1 unspecified atom stereocenters. The summed E-state index contributed by atoms with van der Waals surface area (Å²) in [4.78, 5) is 11.6. The van der Waals surface area contributed by atoms with Gasteiger partial charge in [0, 0.05) is 11.4 Å². The van der Waals surface area contributed by atoms with Crippen LogP contribution in [0.1, 0.15) is 49.2 Å². The van der Waals surface area contributed by atoms with Crippen molar-refractivity contribution in [2.75, 3.05) is 7.11 Å². The summed E-state index contributed by atoms with van der Waals surface area (Å²) in [6, 6.07) is 6.98. The lowest BCUT2D eigenvalue weighted by Crippen LogP contribution is -2.41. The molecule has 0 heterocycles. The number of nitrogens with one attached hydrogen (secondary N) is 1. The van der Waals surface area contributed by atoms with Crippen LogP contribution >= 0.6 is 0 Å². The lowest BCUT2D eigenvalue weighted by molar-refractivity contribution is 0.0600. The molecule has 0 amide bonds. The molecule has 4 nitrogen and oxygen atoms in total. The number of methoxy groups -OCH3 is 1. The lowest BCUT2D eigenvalue weighted by atomic mass is 10.0. The largest absolute Gasteiger partial charge is 0.598 e. The van der Waals surface area contributed by atoms with E-state index in [2.05, 4.69) is 11.3 Å². The molecular formula is C16H23NO3S. The zero-order valence-corrected chi connectivity index (χ0v) is 13.8. The summed E-state index contributed by atoms with van der Waals surface area (Å²) in [6.45, 7) is 9.46. The number of hydrogen-bond acceptors (Lipinski definition) is 4. The van der Waals surface area contributed by atoms with Crippen LogP contribution in [0.3, 0.4) is 0 Å². The van der Waals surface area contributed by atoms with Gasteiger partial charge in [0.25, 0.3) is 0 Å². The molecule has 0 fully saturated rings. The fourth-order valence-electron chi connectivity index (χ4n) is 1.73. The zero-order valence-electron chi connectivity index (χ0n) is 13.0. The molecule has 21 heavy (non-hydrogen) atoms. The number of esters is 1. The molecule has 0 aliphatic heterocycles. The van der Waals surface area contributed by atoms with E-state index in [1.807, 2.05) is 26.8 Å². The van der Waals surface area contributed by atoms with Crippen LogP contribution in [0.4, 0.5) is 0 Å². The molecule has 0 spiro atoms. The Labute approximate surface area is 129 Å². The van der Waals surface area contributed by atoms with Gasteiger partial charge in [0.05, 0.1) is 18.7 Å². The highest BCUT2D eigenvalue weighted by Gasteiger charge is 2.29. The van der Waals surface area contributed by atoms with Crippen molar-refractivity contribution in [1.29, 1.82) is 0 Å². The molecule has 0 saturated carbocycles. The van der Waals surface area contributed by atoms with Gasteiger partial charge in [-0.25, -0.2) is 4.79 Å². The van der Waals surface area contributed by atoms with Crippen molar-refractivity contribution in [3.05, 3.63) is 48.0 Å². The monoisotopic (exact) mass is 309 g/mol. The molecule has 1 rings (SSSR count). The van der Waals surface area contributed by atoms with Gasteiger partial charge in [0.2, 0.25) is 0 Å². The number of benzene rings is 1. The first-order chi connectivity index (χ1) is 9.79. The quantitative estimate of drug-likeness (QED) is 0.498. The fourth-order valence-corrected chi connectivity index (χ4v) is 2.57. The average Bonchev–Trinajstić information content (AvgIpc) is 2.45. The van der Waals surface area contributed by atoms with Crippen molar-refractivity contribution in [2.24, 2.45) is 0 Å². The Hall–Kier alpha value is -1.30. The van der Waals surface area contributed by atoms with Crippen molar-refractivity contribution < 1.29 is 14.1 Å². The number of carbonyl (C=O) groups is 1. The second-order valence-electron chi connectivity index (χ2n) is 5.69. The van der Waals surface area contributed by atoms with Crippen LogP contribution in [0.2, 0.25) is 0 Å². The van der Waals surface area contributed by atoms with Crippen LogP contribution in [0.25, 0.3) is 0 Å². The van der Waals surface area contributed by atoms with Gasteiger partial charge in [-0.2, -0.15) is 0 Å². The van der Waals surface area contributed by atoms with Gasteiger partial charge < -0.3 is 9.29 Å². The normalized spacial score (nSPS) is 14.3. The van der Waals surface area contributed by atoms with E-state index in [-0.39, 0.29) is 16.8 Å². The first kappa shape index (κ1) is 17.8. The van der Waals surface area contributed by atoms with Crippen LogP contribution < -0.4 is 4.72 Å². The van der Waals surface area contributed by atoms with Crippen molar-refractivity contribution in [3.8, 4) is 0 Å². The number of ether oxygens (including phenoxy) is 1. The maximum absolute atomic E-state index is 12.3. The van der Waals surface area contributed by atoms with Crippen molar-refractivity contribution >= 4 is 17.3 Å². The minimum atomic E-state index is -1.20. The van der Waals surface area contributed by atoms with E-state index in [1.54, 1.807) is 24.3 Å². The second kappa shape index (κ2) is 7.64. The van der Waals surface area contributed by atoms with Gasteiger partial charge in [0.1, 0.15) is 4.75 Å².